The molecule has 0 aliphatic rings. The lowest BCUT2D eigenvalue weighted by Gasteiger charge is -2.31. The highest BCUT2D eigenvalue weighted by Crippen LogP contribution is 2.33. The monoisotopic (exact) mass is 329 g/mol. The van der Waals surface area contributed by atoms with E-state index in [0.29, 0.717) is 15.1 Å². The van der Waals surface area contributed by atoms with E-state index >= 15 is 0 Å². The Bertz CT molecular complexity index is 618. The minimum atomic E-state index is -0.730. The van der Waals surface area contributed by atoms with Gasteiger partial charge in [0.05, 0.1) is 12.1 Å². The number of rotatable bonds is 4. The lowest BCUT2D eigenvalue weighted by molar-refractivity contribution is 0.224. The largest absolute Gasteiger partial charge is 0.394 e. The van der Waals surface area contributed by atoms with Gasteiger partial charge in [-0.05, 0) is 42.8 Å². The smallest absolute Gasteiger partial charge is 0.0842 e. The molecule has 0 saturated carbocycles. The Labute approximate surface area is 133 Å². The van der Waals surface area contributed by atoms with E-state index in [2.05, 4.69) is 5.32 Å². The van der Waals surface area contributed by atoms with Crippen molar-refractivity contribution in [3.63, 3.8) is 0 Å². The Kier molecular flexibility index (Phi) is 4.82. The fourth-order valence-corrected chi connectivity index (χ4v) is 2.82. The molecule has 2 rings (SSSR count). The van der Waals surface area contributed by atoms with Crippen LogP contribution in [0.4, 0.5) is 5.69 Å². The van der Waals surface area contributed by atoms with E-state index < -0.39 is 5.54 Å². The van der Waals surface area contributed by atoms with Crippen molar-refractivity contribution in [1.82, 2.24) is 0 Å². The normalized spacial score (nSPS) is 13.8. The third-order valence-electron chi connectivity index (χ3n) is 3.09. The van der Waals surface area contributed by atoms with Gasteiger partial charge in [0.15, 0.2) is 0 Å². The third-order valence-corrected chi connectivity index (χ3v) is 3.87. The number of aliphatic hydroxyl groups excluding tert-OH is 1. The Morgan fingerprint density at radius 2 is 1.75 bits per heavy atom. The van der Waals surface area contributed by atoms with Crippen molar-refractivity contribution in [2.75, 3.05) is 11.9 Å². The van der Waals surface area contributed by atoms with Crippen LogP contribution in [0.3, 0.4) is 0 Å². The van der Waals surface area contributed by atoms with Crippen LogP contribution in [-0.2, 0) is 5.54 Å². The second-order valence-corrected chi connectivity index (χ2v) is 6.03. The average molecular weight is 331 g/mol. The fraction of sp³-hybridized carbons (Fsp3) is 0.200. The molecule has 0 spiro atoms. The topological polar surface area (TPSA) is 32.3 Å². The molecule has 106 valence electrons. The number of halogens is 3. The van der Waals surface area contributed by atoms with Crippen molar-refractivity contribution >= 4 is 40.5 Å². The predicted octanol–water partition coefficient (Wildman–Crippen LogP) is 4.97. The molecule has 0 fully saturated rings. The zero-order valence-electron chi connectivity index (χ0n) is 10.8. The lowest BCUT2D eigenvalue weighted by Crippen LogP contribution is -2.36. The summed E-state index contributed by atoms with van der Waals surface area (Å²) < 4.78 is 0. The predicted molar refractivity (Wildman–Crippen MR) is 86.0 cm³/mol. The summed E-state index contributed by atoms with van der Waals surface area (Å²) in [6.07, 6.45) is 0. The molecule has 0 heterocycles. The fourth-order valence-electron chi connectivity index (χ4n) is 2.01. The molecule has 1 unspecified atom stereocenters. The highest BCUT2D eigenvalue weighted by Gasteiger charge is 2.28. The molecule has 0 aliphatic heterocycles. The number of aliphatic hydroxyl groups is 1. The van der Waals surface area contributed by atoms with Crippen LogP contribution in [0, 0.1) is 0 Å². The lowest BCUT2D eigenvalue weighted by atomic mass is 9.92. The maximum Gasteiger partial charge on any atom is 0.0842 e. The zero-order valence-corrected chi connectivity index (χ0v) is 13.1. The molecular weight excluding hydrogens is 317 g/mol. The Morgan fingerprint density at radius 3 is 2.35 bits per heavy atom. The summed E-state index contributed by atoms with van der Waals surface area (Å²) in [4.78, 5) is 0. The number of nitrogens with one attached hydrogen (secondary N) is 1. The minimum absolute atomic E-state index is 0.124. The number of hydrogen-bond donors (Lipinski definition) is 2. The molecule has 2 aromatic carbocycles. The van der Waals surface area contributed by atoms with Crippen LogP contribution in [0.5, 0.6) is 0 Å². The van der Waals surface area contributed by atoms with Crippen molar-refractivity contribution in [3.05, 3.63) is 63.1 Å². The van der Waals surface area contributed by atoms with E-state index in [1.54, 1.807) is 30.3 Å². The van der Waals surface area contributed by atoms with E-state index in [0.717, 1.165) is 11.3 Å². The maximum atomic E-state index is 9.78. The number of anilines is 1. The molecule has 1 atom stereocenters. The van der Waals surface area contributed by atoms with Gasteiger partial charge in [-0.2, -0.15) is 0 Å². The highest BCUT2D eigenvalue weighted by molar-refractivity contribution is 6.35. The van der Waals surface area contributed by atoms with Crippen molar-refractivity contribution in [1.29, 1.82) is 0 Å². The van der Waals surface area contributed by atoms with Gasteiger partial charge in [0.25, 0.3) is 0 Å². The molecule has 0 aromatic heterocycles. The molecule has 0 amide bonds. The van der Waals surface area contributed by atoms with E-state index in [4.69, 9.17) is 34.8 Å². The molecule has 2 nitrogen and oxygen atoms in total. The summed E-state index contributed by atoms with van der Waals surface area (Å²) in [6.45, 7) is 1.74. The van der Waals surface area contributed by atoms with Gasteiger partial charge in [-0.3, -0.25) is 0 Å². The summed E-state index contributed by atoms with van der Waals surface area (Å²) in [7, 11) is 0. The van der Waals surface area contributed by atoms with Crippen molar-refractivity contribution in [3.8, 4) is 0 Å². The van der Waals surface area contributed by atoms with Crippen LogP contribution in [0.1, 0.15) is 12.5 Å². The standard InChI is InChI=1S/C15H14Cl3NO/c1-15(9-20,13-6-5-11(17)8-14(13)18)19-12-4-2-3-10(16)7-12/h2-8,19-20H,9H2,1H3. The highest BCUT2D eigenvalue weighted by atomic mass is 35.5. The summed E-state index contributed by atoms with van der Waals surface area (Å²) >= 11 is 18.1. The second-order valence-electron chi connectivity index (χ2n) is 4.75. The summed E-state index contributed by atoms with van der Waals surface area (Å²) in [5.41, 5.74) is 0.845. The SMILES string of the molecule is CC(CO)(Nc1cccc(Cl)c1)c1ccc(Cl)cc1Cl. The first-order valence-corrected chi connectivity index (χ1v) is 7.18. The van der Waals surface area contributed by atoms with Gasteiger partial charge >= 0.3 is 0 Å². The molecule has 0 radical (unpaired) electrons. The van der Waals surface area contributed by atoms with Crippen molar-refractivity contribution in [2.24, 2.45) is 0 Å². The molecule has 0 aliphatic carbocycles. The maximum absolute atomic E-state index is 9.78. The van der Waals surface area contributed by atoms with Crippen LogP contribution >= 0.6 is 34.8 Å². The van der Waals surface area contributed by atoms with Crippen LogP contribution in [0.25, 0.3) is 0 Å². The van der Waals surface area contributed by atoms with Gasteiger partial charge < -0.3 is 10.4 Å². The van der Waals surface area contributed by atoms with Gasteiger partial charge in [0, 0.05) is 20.8 Å². The quantitative estimate of drug-likeness (QED) is 0.830. The summed E-state index contributed by atoms with van der Waals surface area (Å²) in [5.74, 6) is 0. The second kappa shape index (κ2) is 6.23. The average Bonchev–Trinajstić information content (AvgIpc) is 2.38. The Hall–Kier alpha value is -0.930. The summed E-state index contributed by atoms with van der Waals surface area (Å²) in [5, 5.41) is 14.7. The van der Waals surface area contributed by atoms with E-state index in [1.807, 2.05) is 19.1 Å². The molecule has 0 bridgehead atoms. The van der Waals surface area contributed by atoms with E-state index in [9.17, 15) is 5.11 Å². The van der Waals surface area contributed by atoms with Crippen LogP contribution in [0.15, 0.2) is 42.5 Å². The molecule has 5 heteroatoms. The van der Waals surface area contributed by atoms with Gasteiger partial charge in [-0.1, -0.05) is 46.9 Å². The third kappa shape index (κ3) is 3.39. The first kappa shape index (κ1) is 15.5. The van der Waals surface area contributed by atoms with Gasteiger partial charge in [-0.25, -0.2) is 0 Å². The molecular formula is C15H14Cl3NO. The summed E-state index contributed by atoms with van der Waals surface area (Å²) in [6, 6.07) is 12.5. The molecule has 20 heavy (non-hydrogen) atoms. The molecule has 2 N–H and O–H groups in total. The Balaban J connectivity index is 2.38. The van der Waals surface area contributed by atoms with Crippen LogP contribution < -0.4 is 5.32 Å². The van der Waals surface area contributed by atoms with Crippen LogP contribution in [-0.4, -0.2) is 11.7 Å². The van der Waals surface area contributed by atoms with Crippen molar-refractivity contribution in [2.45, 2.75) is 12.5 Å². The zero-order chi connectivity index (χ0) is 14.8. The van der Waals surface area contributed by atoms with Gasteiger partial charge in [0.1, 0.15) is 0 Å². The number of benzene rings is 2. The Morgan fingerprint density at radius 1 is 1.05 bits per heavy atom. The van der Waals surface area contributed by atoms with Crippen molar-refractivity contribution < 1.29 is 5.11 Å². The van der Waals surface area contributed by atoms with Crippen LogP contribution in [0.2, 0.25) is 15.1 Å². The molecule has 2 aromatic rings. The van der Waals surface area contributed by atoms with Gasteiger partial charge in [0.2, 0.25) is 0 Å². The first-order valence-electron chi connectivity index (χ1n) is 6.05. The number of hydrogen-bond acceptors (Lipinski definition) is 2. The van der Waals surface area contributed by atoms with E-state index in [1.165, 1.54) is 0 Å². The van der Waals surface area contributed by atoms with Gasteiger partial charge in [-0.15, -0.1) is 0 Å². The first-order chi connectivity index (χ1) is 9.44. The molecule has 0 saturated heterocycles. The minimum Gasteiger partial charge on any atom is -0.394 e. The van der Waals surface area contributed by atoms with E-state index in [-0.39, 0.29) is 6.61 Å².